The average molecular weight is 289 g/mol. The molecule has 2 nitrogen and oxygen atoms in total. The molecule has 2 rings (SSSR count). The molecule has 0 unspecified atom stereocenters. The zero-order valence-electron chi connectivity index (χ0n) is 9.33. The third-order valence-electron chi connectivity index (χ3n) is 3.15. The molecule has 0 saturated carbocycles. The van der Waals surface area contributed by atoms with Gasteiger partial charge in [-0.05, 0) is 33.1 Å². The molecule has 1 aliphatic rings. The van der Waals surface area contributed by atoms with E-state index >= 15 is 0 Å². The van der Waals surface area contributed by atoms with Crippen LogP contribution in [0.2, 0.25) is 0 Å². The normalized spacial score (nSPS) is 23.4. The molecule has 0 atom stereocenters. The first-order valence-electron chi connectivity index (χ1n) is 4.91. The second-order valence-electron chi connectivity index (χ2n) is 4.76. The fraction of sp³-hybridized carbons (Fsp3) is 0.600. The molecule has 1 aromatic rings. The van der Waals surface area contributed by atoms with Crippen LogP contribution in [0, 0.1) is 0 Å². The zero-order chi connectivity index (χ0) is 11.3. The van der Waals surface area contributed by atoms with Crippen LogP contribution in [0.15, 0.2) is 15.2 Å². The van der Waals surface area contributed by atoms with Crippen LogP contribution >= 0.6 is 27.3 Å². The highest BCUT2D eigenvalue weighted by Gasteiger charge is 2.52. The van der Waals surface area contributed by atoms with Gasteiger partial charge in [0, 0.05) is 15.3 Å². The molecule has 15 heavy (non-hydrogen) atoms. The zero-order valence-corrected chi connectivity index (χ0v) is 11.7. The smallest absolute Gasteiger partial charge is 0.399 e. The molecule has 0 amide bonds. The summed E-state index contributed by atoms with van der Waals surface area (Å²) in [6, 6.07) is 0. The SMILES string of the molecule is CC1(C)OB(c2cscc2Br)OC1(C)C. The summed E-state index contributed by atoms with van der Waals surface area (Å²) in [5.74, 6) is 0. The van der Waals surface area contributed by atoms with Crippen molar-refractivity contribution in [1.82, 2.24) is 0 Å². The summed E-state index contributed by atoms with van der Waals surface area (Å²) < 4.78 is 12.9. The molecule has 0 radical (unpaired) electrons. The predicted molar refractivity (Wildman–Crippen MR) is 67.7 cm³/mol. The first-order chi connectivity index (χ1) is 6.83. The molecule has 0 aromatic carbocycles. The third-order valence-corrected chi connectivity index (χ3v) is 4.90. The fourth-order valence-electron chi connectivity index (χ4n) is 1.43. The van der Waals surface area contributed by atoms with Crippen molar-refractivity contribution in [3.8, 4) is 0 Å². The Morgan fingerprint density at radius 3 is 2.07 bits per heavy atom. The lowest BCUT2D eigenvalue weighted by Crippen LogP contribution is -2.41. The fourth-order valence-corrected chi connectivity index (χ4v) is 2.91. The van der Waals surface area contributed by atoms with Gasteiger partial charge in [0.25, 0.3) is 0 Å². The summed E-state index contributed by atoms with van der Waals surface area (Å²) in [5, 5.41) is 4.10. The number of hydrogen-bond donors (Lipinski definition) is 0. The quantitative estimate of drug-likeness (QED) is 0.740. The molecule has 1 aliphatic heterocycles. The van der Waals surface area contributed by atoms with Crippen LogP contribution in [0.5, 0.6) is 0 Å². The second kappa shape index (κ2) is 3.59. The Kier molecular flexibility index (Phi) is 2.78. The minimum absolute atomic E-state index is 0.254. The third kappa shape index (κ3) is 1.91. The summed E-state index contributed by atoms with van der Waals surface area (Å²) in [6.07, 6.45) is 0. The number of rotatable bonds is 1. The van der Waals surface area contributed by atoms with E-state index in [1.807, 2.05) is 5.38 Å². The molecular formula is C10H14BBrO2S. The Morgan fingerprint density at radius 2 is 1.67 bits per heavy atom. The van der Waals surface area contributed by atoms with E-state index in [9.17, 15) is 0 Å². The van der Waals surface area contributed by atoms with E-state index in [0.717, 1.165) is 9.94 Å². The van der Waals surface area contributed by atoms with Crippen molar-refractivity contribution in [2.75, 3.05) is 0 Å². The largest absolute Gasteiger partial charge is 0.496 e. The van der Waals surface area contributed by atoms with E-state index in [-0.39, 0.29) is 18.3 Å². The van der Waals surface area contributed by atoms with Crippen LogP contribution in [0.4, 0.5) is 0 Å². The molecule has 0 N–H and O–H groups in total. The highest BCUT2D eigenvalue weighted by atomic mass is 79.9. The standard InChI is InChI=1S/C10H14BBrO2S/c1-9(2)10(3,4)14-11(13-9)7-5-15-6-8(7)12/h5-6H,1-4H3. The Hall–Kier alpha value is 0.165. The van der Waals surface area contributed by atoms with E-state index in [1.54, 1.807) is 11.3 Å². The van der Waals surface area contributed by atoms with Gasteiger partial charge in [-0.15, -0.1) is 0 Å². The minimum atomic E-state index is -0.265. The van der Waals surface area contributed by atoms with Gasteiger partial charge in [-0.25, -0.2) is 0 Å². The minimum Gasteiger partial charge on any atom is -0.399 e. The van der Waals surface area contributed by atoms with Crippen molar-refractivity contribution >= 4 is 39.8 Å². The maximum Gasteiger partial charge on any atom is 0.496 e. The van der Waals surface area contributed by atoms with Crippen LogP contribution in [0.25, 0.3) is 0 Å². The van der Waals surface area contributed by atoms with Gasteiger partial charge in [0.1, 0.15) is 0 Å². The van der Waals surface area contributed by atoms with Crippen molar-refractivity contribution in [2.45, 2.75) is 38.9 Å². The Labute approximate surface area is 103 Å². The van der Waals surface area contributed by atoms with Crippen LogP contribution in [-0.2, 0) is 9.31 Å². The van der Waals surface area contributed by atoms with Crippen molar-refractivity contribution in [3.05, 3.63) is 15.2 Å². The monoisotopic (exact) mass is 288 g/mol. The van der Waals surface area contributed by atoms with Crippen LogP contribution in [-0.4, -0.2) is 18.3 Å². The topological polar surface area (TPSA) is 18.5 Å². The summed E-state index contributed by atoms with van der Waals surface area (Å²) in [5.41, 5.74) is 0.552. The van der Waals surface area contributed by atoms with Crippen LogP contribution in [0.1, 0.15) is 27.7 Å². The van der Waals surface area contributed by atoms with Gasteiger partial charge in [-0.3, -0.25) is 0 Å². The summed E-state index contributed by atoms with van der Waals surface area (Å²) in [7, 11) is -0.254. The van der Waals surface area contributed by atoms with E-state index < -0.39 is 0 Å². The second-order valence-corrected chi connectivity index (χ2v) is 6.36. The lowest BCUT2D eigenvalue weighted by Gasteiger charge is -2.32. The molecule has 0 aliphatic carbocycles. The molecule has 5 heteroatoms. The molecule has 1 saturated heterocycles. The van der Waals surface area contributed by atoms with Gasteiger partial charge >= 0.3 is 7.12 Å². The van der Waals surface area contributed by atoms with Gasteiger partial charge in [-0.2, -0.15) is 11.3 Å². The first-order valence-corrected chi connectivity index (χ1v) is 6.64. The van der Waals surface area contributed by atoms with Gasteiger partial charge in [0.2, 0.25) is 0 Å². The Bertz CT molecular complexity index is 359. The lowest BCUT2D eigenvalue weighted by atomic mass is 9.81. The molecule has 0 spiro atoms. The van der Waals surface area contributed by atoms with Crippen LogP contribution in [0.3, 0.4) is 0 Å². The van der Waals surface area contributed by atoms with E-state index in [0.29, 0.717) is 0 Å². The molecule has 82 valence electrons. The molecular weight excluding hydrogens is 275 g/mol. The number of halogens is 1. The number of thiophene rings is 1. The summed E-state index contributed by atoms with van der Waals surface area (Å²) >= 11 is 5.15. The number of hydrogen-bond acceptors (Lipinski definition) is 3. The van der Waals surface area contributed by atoms with Crippen molar-refractivity contribution in [3.63, 3.8) is 0 Å². The van der Waals surface area contributed by atoms with E-state index in [1.165, 1.54) is 0 Å². The average Bonchev–Trinajstić information content (AvgIpc) is 2.55. The highest BCUT2D eigenvalue weighted by Crippen LogP contribution is 2.37. The maximum absolute atomic E-state index is 5.94. The van der Waals surface area contributed by atoms with Gasteiger partial charge in [-0.1, -0.05) is 15.9 Å². The Balaban J connectivity index is 2.27. The van der Waals surface area contributed by atoms with E-state index in [4.69, 9.17) is 9.31 Å². The van der Waals surface area contributed by atoms with Crippen LogP contribution < -0.4 is 5.46 Å². The Morgan fingerprint density at radius 1 is 1.13 bits per heavy atom. The molecule has 0 bridgehead atoms. The van der Waals surface area contributed by atoms with Crippen molar-refractivity contribution < 1.29 is 9.31 Å². The first kappa shape index (κ1) is 11.6. The van der Waals surface area contributed by atoms with Gasteiger partial charge < -0.3 is 9.31 Å². The van der Waals surface area contributed by atoms with Gasteiger partial charge in [0.05, 0.1) is 11.2 Å². The van der Waals surface area contributed by atoms with Crippen molar-refractivity contribution in [2.24, 2.45) is 0 Å². The highest BCUT2D eigenvalue weighted by molar-refractivity contribution is 9.10. The van der Waals surface area contributed by atoms with Crippen molar-refractivity contribution in [1.29, 1.82) is 0 Å². The summed E-state index contributed by atoms with van der Waals surface area (Å²) in [6.45, 7) is 8.25. The maximum atomic E-state index is 5.94. The molecule has 1 aromatic heterocycles. The predicted octanol–water partition coefficient (Wildman–Crippen LogP) is 2.81. The van der Waals surface area contributed by atoms with E-state index in [2.05, 4.69) is 49.0 Å². The molecule has 2 heterocycles. The molecule has 1 fully saturated rings. The van der Waals surface area contributed by atoms with Gasteiger partial charge in [0.15, 0.2) is 0 Å². The lowest BCUT2D eigenvalue weighted by molar-refractivity contribution is 0.00578. The summed E-state index contributed by atoms with van der Waals surface area (Å²) in [4.78, 5) is 0.